The van der Waals surface area contributed by atoms with Gasteiger partial charge in [-0.05, 0) is 30.8 Å². The number of nitrogens with one attached hydrogen (secondary N) is 2. The Balaban J connectivity index is 2.04. The minimum Gasteiger partial charge on any atom is -0.497 e. The number of guanidine groups is 1. The van der Waals surface area contributed by atoms with Gasteiger partial charge in [-0.2, -0.15) is 0 Å². The maximum absolute atomic E-state index is 5.86. The number of ether oxygens (including phenoxy) is 1. The molecule has 2 N–H and O–H groups in total. The Morgan fingerprint density at radius 1 is 1.23 bits per heavy atom. The van der Waals surface area contributed by atoms with Crippen LogP contribution >= 0.6 is 0 Å². The van der Waals surface area contributed by atoms with Crippen molar-refractivity contribution in [2.24, 2.45) is 4.99 Å². The molecule has 1 unspecified atom stereocenters. The third-order valence-electron chi connectivity index (χ3n) is 5.12. The van der Waals surface area contributed by atoms with Gasteiger partial charge >= 0.3 is 0 Å². The molecule has 1 atom stereocenters. The lowest BCUT2D eigenvalue weighted by atomic mass is 9.94. The summed E-state index contributed by atoms with van der Waals surface area (Å²) in [6, 6.07) is 8.44. The molecular weight excluding hydrogens is 378 g/mol. The fourth-order valence-corrected chi connectivity index (χ4v) is 3.28. The van der Waals surface area contributed by atoms with Gasteiger partial charge in [0, 0.05) is 19.0 Å². The first-order valence-electron chi connectivity index (χ1n) is 10.6. The molecule has 1 heterocycles. The second-order valence-corrected chi connectivity index (χ2v) is 8.19. The minimum absolute atomic E-state index is 0.0566. The molecule has 7 nitrogen and oxygen atoms in total. The SMILES string of the molecule is CCN(CC)C(CNC(=NC)NCc1ncc(C(C)(C)C)o1)c1cccc(OC)c1. The molecule has 0 spiro atoms. The maximum atomic E-state index is 5.86. The van der Waals surface area contributed by atoms with E-state index in [1.807, 2.05) is 12.1 Å². The van der Waals surface area contributed by atoms with Crippen LogP contribution in [0.5, 0.6) is 5.75 Å². The van der Waals surface area contributed by atoms with Crippen molar-refractivity contribution < 1.29 is 9.15 Å². The average molecular weight is 416 g/mol. The average Bonchev–Trinajstić information content (AvgIpc) is 3.23. The van der Waals surface area contributed by atoms with Crippen molar-refractivity contribution >= 4 is 5.96 Å². The smallest absolute Gasteiger partial charge is 0.213 e. The zero-order valence-electron chi connectivity index (χ0n) is 19.5. The number of hydrogen-bond donors (Lipinski definition) is 2. The standard InChI is InChI=1S/C23H37N5O2/c1-8-28(9-2)19(17-11-10-12-18(13-17)29-7)14-26-22(24-6)27-16-21-25-15-20(30-21)23(3,4)5/h10-13,15,19H,8-9,14,16H2,1-7H3,(H2,24,26,27). The normalized spacial score (nSPS) is 13.4. The molecular formula is C23H37N5O2. The van der Waals surface area contributed by atoms with E-state index < -0.39 is 0 Å². The molecule has 0 bridgehead atoms. The first-order valence-corrected chi connectivity index (χ1v) is 10.6. The van der Waals surface area contributed by atoms with E-state index in [2.05, 4.69) is 72.3 Å². The molecule has 0 radical (unpaired) electrons. The van der Waals surface area contributed by atoms with Gasteiger partial charge in [-0.15, -0.1) is 0 Å². The van der Waals surface area contributed by atoms with Crippen LogP contribution in [0.15, 0.2) is 39.9 Å². The van der Waals surface area contributed by atoms with Crippen LogP contribution in [0.2, 0.25) is 0 Å². The van der Waals surface area contributed by atoms with E-state index in [0.29, 0.717) is 24.9 Å². The van der Waals surface area contributed by atoms with Gasteiger partial charge in [-0.3, -0.25) is 9.89 Å². The summed E-state index contributed by atoms with van der Waals surface area (Å²) in [6.07, 6.45) is 1.80. The Hall–Kier alpha value is -2.54. The van der Waals surface area contributed by atoms with Crippen molar-refractivity contribution in [1.29, 1.82) is 0 Å². The predicted molar refractivity (Wildman–Crippen MR) is 122 cm³/mol. The highest BCUT2D eigenvalue weighted by Crippen LogP contribution is 2.24. The van der Waals surface area contributed by atoms with Crippen LogP contribution < -0.4 is 15.4 Å². The molecule has 0 aliphatic carbocycles. The summed E-state index contributed by atoms with van der Waals surface area (Å²) in [5.74, 6) is 3.11. The Bertz CT molecular complexity index is 806. The fourth-order valence-electron chi connectivity index (χ4n) is 3.28. The van der Waals surface area contributed by atoms with Crippen LogP contribution in [0.3, 0.4) is 0 Å². The topological polar surface area (TPSA) is 74.9 Å². The number of likely N-dealkylation sites (N-methyl/N-ethyl adjacent to an activating group) is 1. The Morgan fingerprint density at radius 2 is 1.97 bits per heavy atom. The monoisotopic (exact) mass is 415 g/mol. The number of nitrogens with zero attached hydrogens (tertiary/aromatic N) is 3. The first-order chi connectivity index (χ1) is 14.3. The number of aromatic nitrogens is 1. The summed E-state index contributed by atoms with van der Waals surface area (Å²) in [7, 11) is 3.47. The van der Waals surface area contributed by atoms with Crippen molar-refractivity contribution in [3.63, 3.8) is 0 Å². The fraction of sp³-hybridized carbons (Fsp3) is 0.565. The van der Waals surface area contributed by atoms with Crippen molar-refractivity contribution in [3.8, 4) is 5.75 Å². The van der Waals surface area contributed by atoms with Gasteiger partial charge in [-0.25, -0.2) is 4.98 Å². The minimum atomic E-state index is -0.0566. The van der Waals surface area contributed by atoms with Crippen LogP contribution in [0, 0.1) is 0 Å². The summed E-state index contributed by atoms with van der Waals surface area (Å²) in [5.41, 5.74) is 1.15. The highest BCUT2D eigenvalue weighted by molar-refractivity contribution is 5.79. The van der Waals surface area contributed by atoms with Crippen LogP contribution in [0.1, 0.15) is 57.9 Å². The van der Waals surface area contributed by atoms with E-state index in [-0.39, 0.29) is 11.5 Å². The molecule has 0 saturated heterocycles. The summed E-state index contributed by atoms with van der Waals surface area (Å²) in [6.45, 7) is 13.8. The molecule has 7 heteroatoms. The summed E-state index contributed by atoms with van der Waals surface area (Å²) in [4.78, 5) is 11.1. The number of methoxy groups -OCH3 is 1. The quantitative estimate of drug-likeness (QED) is 0.480. The largest absolute Gasteiger partial charge is 0.497 e. The number of benzene rings is 1. The zero-order valence-corrected chi connectivity index (χ0v) is 19.5. The van der Waals surface area contributed by atoms with Gasteiger partial charge in [0.15, 0.2) is 5.96 Å². The number of aliphatic imine (C=N–C) groups is 1. The highest BCUT2D eigenvalue weighted by atomic mass is 16.5. The van der Waals surface area contributed by atoms with Gasteiger partial charge in [0.25, 0.3) is 0 Å². The second kappa shape index (κ2) is 11.0. The van der Waals surface area contributed by atoms with E-state index in [9.17, 15) is 0 Å². The third kappa shape index (κ3) is 6.49. The molecule has 166 valence electrons. The molecule has 1 aromatic carbocycles. The molecule has 2 aromatic rings. The Labute approximate surface area is 180 Å². The molecule has 0 aliphatic heterocycles. The third-order valence-corrected chi connectivity index (χ3v) is 5.12. The lowest BCUT2D eigenvalue weighted by Crippen LogP contribution is -2.43. The lowest BCUT2D eigenvalue weighted by Gasteiger charge is -2.31. The van der Waals surface area contributed by atoms with Crippen LogP contribution in [-0.4, -0.2) is 49.6 Å². The number of hydrogen-bond acceptors (Lipinski definition) is 5. The van der Waals surface area contributed by atoms with E-state index >= 15 is 0 Å². The van der Waals surface area contributed by atoms with Gasteiger partial charge in [0.1, 0.15) is 11.5 Å². The van der Waals surface area contributed by atoms with Crippen LogP contribution in [0.25, 0.3) is 0 Å². The van der Waals surface area contributed by atoms with Crippen molar-refractivity contribution in [2.75, 3.05) is 33.8 Å². The molecule has 0 aliphatic rings. The Morgan fingerprint density at radius 3 is 2.53 bits per heavy atom. The van der Waals surface area contributed by atoms with Crippen LogP contribution in [-0.2, 0) is 12.0 Å². The van der Waals surface area contributed by atoms with Gasteiger partial charge < -0.3 is 19.8 Å². The zero-order chi connectivity index (χ0) is 22.1. The highest BCUT2D eigenvalue weighted by Gasteiger charge is 2.20. The van der Waals surface area contributed by atoms with Gasteiger partial charge in [0.05, 0.1) is 25.9 Å². The van der Waals surface area contributed by atoms with Crippen LogP contribution in [0.4, 0.5) is 0 Å². The Kier molecular flexibility index (Phi) is 8.72. The molecule has 0 saturated carbocycles. The van der Waals surface area contributed by atoms with Crippen molar-refractivity contribution in [2.45, 2.75) is 52.6 Å². The summed E-state index contributed by atoms with van der Waals surface area (Å²) in [5, 5.41) is 6.74. The molecule has 0 amide bonds. The maximum Gasteiger partial charge on any atom is 0.213 e. The predicted octanol–water partition coefficient (Wildman–Crippen LogP) is 3.73. The molecule has 2 rings (SSSR count). The van der Waals surface area contributed by atoms with Gasteiger partial charge in [0.2, 0.25) is 5.89 Å². The van der Waals surface area contributed by atoms with E-state index in [0.717, 1.165) is 24.6 Å². The molecule has 1 aromatic heterocycles. The molecule has 0 fully saturated rings. The van der Waals surface area contributed by atoms with E-state index in [1.54, 1.807) is 20.4 Å². The first kappa shape index (κ1) is 23.7. The van der Waals surface area contributed by atoms with Gasteiger partial charge in [-0.1, -0.05) is 46.8 Å². The summed E-state index contributed by atoms with van der Waals surface area (Å²) < 4.78 is 11.3. The lowest BCUT2D eigenvalue weighted by molar-refractivity contribution is 0.218. The van der Waals surface area contributed by atoms with E-state index in [1.165, 1.54) is 5.56 Å². The van der Waals surface area contributed by atoms with Crippen molar-refractivity contribution in [3.05, 3.63) is 47.7 Å². The second-order valence-electron chi connectivity index (χ2n) is 8.19. The number of rotatable bonds is 9. The number of oxazole rings is 1. The summed E-state index contributed by atoms with van der Waals surface area (Å²) >= 11 is 0. The van der Waals surface area contributed by atoms with E-state index in [4.69, 9.17) is 9.15 Å². The molecule has 30 heavy (non-hydrogen) atoms. The van der Waals surface area contributed by atoms with Crippen molar-refractivity contribution in [1.82, 2.24) is 20.5 Å².